The summed E-state index contributed by atoms with van der Waals surface area (Å²) < 4.78 is 5.85. The highest BCUT2D eigenvalue weighted by atomic mass is 16.6. The largest absolute Gasteiger partial charge is 0.445 e. The Morgan fingerprint density at radius 1 is 1.14 bits per heavy atom. The van der Waals surface area contributed by atoms with Crippen LogP contribution in [0.1, 0.15) is 48.5 Å². The molecule has 152 valence electrons. The van der Waals surface area contributed by atoms with Crippen molar-refractivity contribution in [1.82, 2.24) is 15.2 Å². The van der Waals surface area contributed by atoms with E-state index < -0.39 is 0 Å². The van der Waals surface area contributed by atoms with Crippen LogP contribution in [0.25, 0.3) is 11.1 Å². The Morgan fingerprint density at radius 2 is 1.97 bits per heavy atom. The van der Waals surface area contributed by atoms with E-state index in [1.54, 1.807) is 0 Å². The number of aryl methyl sites for hydroxylation is 2. The van der Waals surface area contributed by atoms with E-state index in [9.17, 15) is 4.79 Å². The first-order chi connectivity index (χ1) is 14.2. The summed E-state index contributed by atoms with van der Waals surface area (Å²) in [6.07, 6.45) is 7.07. The molecule has 0 spiro atoms. The lowest BCUT2D eigenvalue weighted by Gasteiger charge is -2.44. The molecule has 2 atom stereocenters. The molecule has 6 rings (SSSR count). The molecule has 1 aliphatic carbocycles. The minimum atomic E-state index is -0.254. The van der Waals surface area contributed by atoms with Gasteiger partial charge in [0.1, 0.15) is 6.10 Å². The van der Waals surface area contributed by atoms with E-state index in [-0.39, 0.29) is 18.2 Å². The monoisotopic (exact) mass is 391 g/mol. The third kappa shape index (κ3) is 3.88. The minimum absolute atomic E-state index is 0.0422. The van der Waals surface area contributed by atoms with Gasteiger partial charge in [-0.2, -0.15) is 0 Å². The fourth-order valence-electron chi connectivity index (χ4n) is 5.23. The fourth-order valence-corrected chi connectivity index (χ4v) is 5.23. The number of piperidine rings is 3. The van der Waals surface area contributed by atoms with Gasteiger partial charge < -0.3 is 10.1 Å². The Morgan fingerprint density at radius 3 is 2.72 bits per heavy atom. The number of carbonyl (C=O) groups excluding carboxylic acids is 1. The summed E-state index contributed by atoms with van der Waals surface area (Å²) in [6.45, 7) is 5.22. The maximum Gasteiger partial charge on any atom is 0.407 e. The zero-order valence-electron chi connectivity index (χ0n) is 17.1. The van der Waals surface area contributed by atoms with E-state index in [0.717, 1.165) is 57.4 Å². The van der Waals surface area contributed by atoms with Crippen LogP contribution >= 0.6 is 0 Å². The van der Waals surface area contributed by atoms with Crippen molar-refractivity contribution in [2.24, 2.45) is 5.92 Å². The summed E-state index contributed by atoms with van der Waals surface area (Å²) in [4.78, 5) is 19.3. The van der Waals surface area contributed by atoms with Gasteiger partial charge in [-0.05, 0) is 92.4 Å². The molecule has 1 aromatic carbocycles. The summed E-state index contributed by atoms with van der Waals surface area (Å²) in [5, 5.41) is 3.16. The van der Waals surface area contributed by atoms with Gasteiger partial charge in [-0.15, -0.1) is 0 Å². The highest BCUT2D eigenvalue weighted by Gasteiger charge is 2.37. The van der Waals surface area contributed by atoms with Crippen molar-refractivity contribution in [3.05, 3.63) is 53.3 Å². The molecule has 0 radical (unpaired) electrons. The number of pyridine rings is 1. The topological polar surface area (TPSA) is 54.5 Å². The SMILES string of the molecule is Cc1cc(-c2ccc3c(c2)CCCC3NC(=O)O[C@@H]2CN3CCC2CC3)ccn1. The van der Waals surface area contributed by atoms with Crippen molar-refractivity contribution in [2.75, 3.05) is 19.6 Å². The smallest absolute Gasteiger partial charge is 0.407 e. The van der Waals surface area contributed by atoms with Crippen LogP contribution in [0.15, 0.2) is 36.5 Å². The molecule has 4 heterocycles. The second-order valence-corrected chi connectivity index (χ2v) is 8.77. The average molecular weight is 392 g/mol. The van der Waals surface area contributed by atoms with Crippen LogP contribution in [0.3, 0.4) is 0 Å². The second kappa shape index (κ2) is 7.79. The van der Waals surface area contributed by atoms with Gasteiger partial charge in [-0.3, -0.25) is 9.88 Å². The Labute approximate surface area is 172 Å². The molecular formula is C24H29N3O2. The van der Waals surface area contributed by atoms with Crippen LogP contribution in [-0.2, 0) is 11.2 Å². The summed E-state index contributed by atoms with van der Waals surface area (Å²) in [7, 11) is 0. The molecule has 1 amide bonds. The number of nitrogens with zero attached hydrogens (tertiary/aromatic N) is 2. The van der Waals surface area contributed by atoms with E-state index in [1.165, 1.54) is 22.3 Å². The van der Waals surface area contributed by atoms with Crippen LogP contribution in [0, 0.1) is 12.8 Å². The van der Waals surface area contributed by atoms with Gasteiger partial charge in [-0.25, -0.2) is 4.79 Å². The zero-order chi connectivity index (χ0) is 19.8. The van der Waals surface area contributed by atoms with Crippen molar-refractivity contribution < 1.29 is 9.53 Å². The first kappa shape index (κ1) is 18.6. The van der Waals surface area contributed by atoms with Crippen LogP contribution in [0.4, 0.5) is 4.79 Å². The number of amides is 1. The van der Waals surface area contributed by atoms with Crippen LogP contribution in [0.2, 0.25) is 0 Å². The average Bonchev–Trinajstić information content (AvgIpc) is 2.74. The number of carbonyl (C=O) groups is 1. The molecular weight excluding hydrogens is 362 g/mol. The summed E-state index contributed by atoms with van der Waals surface area (Å²) >= 11 is 0. The summed E-state index contributed by atoms with van der Waals surface area (Å²) in [5.41, 5.74) is 5.99. The van der Waals surface area contributed by atoms with Crippen molar-refractivity contribution >= 4 is 6.09 Å². The van der Waals surface area contributed by atoms with Gasteiger partial charge in [0.2, 0.25) is 0 Å². The first-order valence-electron chi connectivity index (χ1n) is 10.9. The number of rotatable bonds is 3. The van der Waals surface area contributed by atoms with Crippen molar-refractivity contribution in [1.29, 1.82) is 0 Å². The first-order valence-corrected chi connectivity index (χ1v) is 10.9. The lowest BCUT2D eigenvalue weighted by Crippen LogP contribution is -2.52. The molecule has 2 aromatic rings. The molecule has 29 heavy (non-hydrogen) atoms. The number of hydrogen-bond donors (Lipinski definition) is 1. The van der Waals surface area contributed by atoms with Gasteiger partial charge in [-0.1, -0.05) is 18.2 Å². The van der Waals surface area contributed by atoms with E-state index in [1.807, 2.05) is 13.1 Å². The summed E-state index contributed by atoms with van der Waals surface area (Å²) in [6, 6.07) is 10.8. The van der Waals surface area contributed by atoms with Gasteiger partial charge in [0.05, 0.1) is 6.04 Å². The molecule has 0 saturated carbocycles. The molecule has 5 nitrogen and oxygen atoms in total. The minimum Gasteiger partial charge on any atom is -0.445 e. The molecule has 1 unspecified atom stereocenters. The highest BCUT2D eigenvalue weighted by molar-refractivity contribution is 5.69. The maximum atomic E-state index is 12.6. The lowest BCUT2D eigenvalue weighted by molar-refractivity contribution is -0.0340. The predicted molar refractivity (Wildman–Crippen MR) is 113 cm³/mol. The normalized spacial score (nSPS) is 27.9. The molecule has 1 aromatic heterocycles. The van der Waals surface area contributed by atoms with E-state index in [4.69, 9.17) is 4.74 Å². The van der Waals surface area contributed by atoms with Gasteiger partial charge in [0.15, 0.2) is 0 Å². The van der Waals surface area contributed by atoms with Gasteiger partial charge in [0.25, 0.3) is 0 Å². The third-order valence-electron chi connectivity index (χ3n) is 6.83. The number of ether oxygens (including phenoxy) is 1. The maximum absolute atomic E-state index is 12.6. The molecule has 1 N–H and O–H groups in total. The molecule has 3 saturated heterocycles. The number of alkyl carbamates (subject to hydrolysis) is 1. The standard InChI is InChI=1S/C24H29N3O2/c1-16-13-19(7-10-25-16)18-5-6-21-20(14-18)3-2-4-22(21)26-24(28)29-23-15-27-11-8-17(23)9-12-27/h5-7,10,13-14,17,22-23H,2-4,8-9,11-12,15H2,1H3,(H,26,28)/t22?,23-/m1/s1. The van der Waals surface area contributed by atoms with Crippen molar-refractivity contribution in [3.63, 3.8) is 0 Å². The molecule has 4 aliphatic rings. The molecule has 5 heteroatoms. The number of hydrogen-bond acceptors (Lipinski definition) is 4. The van der Waals surface area contributed by atoms with E-state index >= 15 is 0 Å². The van der Waals surface area contributed by atoms with Crippen LogP contribution < -0.4 is 5.32 Å². The summed E-state index contributed by atoms with van der Waals surface area (Å²) in [5.74, 6) is 0.538. The number of nitrogens with one attached hydrogen (secondary N) is 1. The van der Waals surface area contributed by atoms with Gasteiger partial charge >= 0.3 is 6.09 Å². The van der Waals surface area contributed by atoms with E-state index in [2.05, 4.69) is 45.5 Å². The second-order valence-electron chi connectivity index (χ2n) is 8.77. The van der Waals surface area contributed by atoms with E-state index in [0.29, 0.717) is 5.92 Å². The number of benzene rings is 1. The molecule has 3 aliphatic heterocycles. The molecule has 3 fully saturated rings. The Balaban J connectivity index is 1.28. The fraction of sp³-hybridized carbons (Fsp3) is 0.500. The Hall–Kier alpha value is -2.40. The molecule has 2 bridgehead atoms. The lowest BCUT2D eigenvalue weighted by atomic mass is 9.85. The number of fused-ring (bicyclic) bond motifs is 4. The zero-order valence-corrected chi connectivity index (χ0v) is 17.1. The van der Waals surface area contributed by atoms with Crippen LogP contribution in [-0.4, -0.2) is 41.7 Å². The van der Waals surface area contributed by atoms with Crippen molar-refractivity contribution in [3.8, 4) is 11.1 Å². The van der Waals surface area contributed by atoms with Crippen molar-refractivity contribution in [2.45, 2.75) is 51.2 Å². The third-order valence-corrected chi connectivity index (χ3v) is 6.83. The Kier molecular flexibility index (Phi) is 5.00. The number of aromatic nitrogens is 1. The van der Waals surface area contributed by atoms with Gasteiger partial charge in [0, 0.05) is 18.4 Å². The van der Waals surface area contributed by atoms with Crippen LogP contribution in [0.5, 0.6) is 0 Å². The quantitative estimate of drug-likeness (QED) is 0.850. The Bertz CT molecular complexity index is 905. The highest BCUT2D eigenvalue weighted by Crippen LogP contribution is 2.34. The predicted octanol–water partition coefficient (Wildman–Crippen LogP) is 4.25.